The lowest BCUT2D eigenvalue weighted by atomic mass is 9.77. The lowest BCUT2D eigenvalue weighted by molar-refractivity contribution is -0.774. The number of quaternary nitrogens is 1. The van der Waals surface area contributed by atoms with Crippen LogP contribution < -0.4 is 10.8 Å². The van der Waals surface area contributed by atoms with E-state index < -0.39 is 0 Å². The molecular formula is C23H30BN2O2. The summed E-state index contributed by atoms with van der Waals surface area (Å²) in [6.07, 6.45) is 8.41. The fourth-order valence-electron chi connectivity index (χ4n) is 4.78. The van der Waals surface area contributed by atoms with Gasteiger partial charge in [-0.05, 0) is 35.0 Å². The molecule has 1 aliphatic carbocycles. The molecule has 147 valence electrons. The molecule has 28 heavy (non-hydrogen) atoms. The van der Waals surface area contributed by atoms with Gasteiger partial charge in [0.2, 0.25) is 5.91 Å². The molecule has 5 heteroatoms. The number of hydroxylamine groups is 2. The van der Waals surface area contributed by atoms with Crippen molar-refractivity contribution in [2.45, 2.75) is 57.4 Å². The number of nitrogens with zero attached hydrogens (tertiary/aromatic N) is 1. The van der Waals surface area contributed by atoms with E-state index in [1.54, 1.807) is 0 Å². The van der Waals surface area contributed by atoms with Gasteiger partial charge in [0.25, 0.3) is 0 Å². The molecule has 1 saturated heterocycles. The number of carbonyl (C=O) groups excluding carboxylic acids is 1. The third-order valence-electron chi connectivity index (χ3n) is 6.43. The van der Waals surface area contributed by atoms with Crippen LogP contribution in [0.1, 0.15) is 51.4 Å². The molecule has 0 aromatic heterocycles. The topological polar surface area (TPSA) is 52.2 Å². The van der Waals surface area contributed by atoms with Crippen molar-refractivity contribution in [3.63, 3.8) is 0 Å². The normalized spacial score (nSPS) is 26.1. The van der Waals surface area contributed by atoms with Gasteiger partial charge in [0.05, 0.1) is 13.1 Å². The highest BCUT2D eigenvalue weighted by Gasteiger charge is 2.30. The molecule has 2 aromatic rings. The largest absolute Gasteiger partial charge is 0.656 e. The van der Waals surface area contributed by atoms with Crippen molar-refractivity contribution in [1.29, 1.82) is 0 Å². The van der Waals surface area contributed by atoms with E-state index in [2.05, 4.69) is 29.6 Å². The number of hydrogen-bond donors (Lipinski definition) is 1. The Hall–Kier alpha value is -1.85. The fraction of sp³-hybridized carbons (Fsp3) is 0.522. The number of benzene rings is 2. The molecule has 1 heterocycles. The first-order valence-corrected chi connectivity index (χ1v) is 10.8. The van der Waals surface area contributed by atoms with Crippen LogP contribution in [0, 0.1) is 11.1 Å². The highest BCUT2D eigenvalue weighted by Crippen LogP contribution is 2.26. The summed E-state index contributed by atoms with van der Waals surface area (Å²) in [4.78, 5) is 12.4. The lowest BCUT2D eigenvalue weighted by Gasteiger charge is -2.48. The van der Waals surface area contributed by atoms with Gasteiger partial charge >= 0.3 is 7.41 Å². The second kappa shape index (κ2) is 8.67. The Morgan fingerprint density at radius 1 is 1.00 bits per heavy atom. The summed E-state index contributed by atoms with van der Waals surface area (Å²) in [6.45, 7) is 1.06. The minimum atomic E-state index is -0.298. The van der Waals surface area contributed by atoms with Gasteiger partial charge in [0.15, 0.2) is 0 Å². The third-order valence-corrected chi connectivity index (χ3v) is 6.43. The van der Waals surface area contributed by atoms with E-state index in [0.29, 0.717) is 25.4 Å². The highest BCUT2D eigenvalue weighted by molar-refractivity contribution is 6.46. The van der Waals surface area contributed by atoms with Crippen molar-refractivity contribution < 1.29 is 9.35 Å². The Balaban J connectivity index is 1.27. The van der Waals surface area contributed by atoms with Crippen molar-refractivity contribution in [2.75, 3.05) is 13.1 Å². The van der Waals surface area contributed by atoms with Gasteiger partial charge < -0.3 is 15.1 Å². The fourth-order valence-corrected chi connectivity index (χ4v) is 4.78. The molecule has 1 amide bonds. The van der Waals surface area contributed by atoms with Crippen molar-refractivity contribution in [3.8, 4) is 0 Å². The molecule has 2 fully saturated rings. The van der Waals surface area contributed by atoms with Crippen LogP contribution in [0.5, 0.6) is 0 Å². The van der Waals surface area contributed by atoms with Gasteiger partial charge in [-0.25, -0.2) is 0 Å². The molecular weight excluding hydrogens is 347 g/mol. The average molecular weight is 377 g/mol. The molecule has 0 atom stereocenters. The van der Waals surface area contributed by atoms with Crippen molar-refractivity contribution >= 4 is 29.6 Å². The minimum Gasteiger partial charge on any atom is -0.656 e. The monoisotopic (exact) mass is 377 g/mol. The van der Waals surface area contributed by atoms with E-state index in [4.69, 9.17) is 0 Å². The van der Waals surface area contributed by atoms with E-state index in [1.807, 2.05) is 25.6 Å². The maximum atomic E-state index is 13.1. The third kappa shape index (κ3) is 4.95. The van der Waals surface area contributed by atoms with Crippen LogP contribution in [-0.2, 0) is 4.79 Å². The maximum absolute atomic E-state index is 13.1. The van der Waals surface area contributed by atoms with Crippen LogP contribution >= 0.6 is 0 Å². The zero-order valence-corrected chi connectivity index (χ0v) is 16.6. The smallest absolute Gasteiger partial charge is 0.486 e. The van der Waals surface area contributed by atoms with Crippen molar-refractivity contribution in [2.24, 2.45) is 5.92 Å². The summed E-state index contributed by atoms with van der Waals surface area (Å²) in [5.74, 6) is 0.745. The van der Waals surface area contributed by atoms with Gasteiger partial charge in [-0.3, -0.25) is 4.79 Å². The standard InChI is InChI=1S/C23H30BN2O2/c27-23(16-18-6-2-1-3-7-18)25-22-12-14-26(28,15-13-22)24-21-11-10-19-8-4-5-9-20(19)17-21/h4-5,8-11,17-18,22H,1-3,6-7,12-16H2,(H,25,27). The number of piperidine rings is 1. The first kappa shape index (κ1) is 19.5. The zero-order valence-electron chi connectivity index (χ0n) is 16.6. The van der Waals surface area contributed by atoms with Gasteiger partial charge in [0, 0.05) is 25.3 Å². The van der Waals surface area contributed by atoms with E-state index in [9.17, 15) is 10.0 Å². The molecule has 4 rings (SSSR count). The number of hydrogen-bond acceptors (Lipinski definition) is 2. The molecule has 2 aromatic carbocycles. The molecule has 4 nitrogen and oxygen atoms in total. The Bertz CT molecular complexity index is 811. The van der Waals surface area contributed by atoms with Crippen LogP contribution in [0.15, 0.2) is 42.5 Å². The molecule has 1 N–H and O–H groups in total. The van der Waals surface area contributed by atoms with Crippen LogP contribution in [0.3, 0.4) is 0 Å². The Labute approximate surface area is 168 Å². The van der Waals surface area contributed by atoms with Crippen LogP contribution in [-0.4, -0.2) is 37.0 Å². The van der Waals surface area contributed by atoms with E-state index in [0.717, 1.165) is 23.7 Å². The quantitative estimate of drug-likeness (QED) is 0.639. The summed E-state index contributed by atoms with van der Waals surface area (Å²) in [5.41, 5.74) is 0.980. The van der Waals surface area contributed by atoms with Gasteiger partial charge in [0.1, 0.15) is 0 Å². The lowest BCUT2D eigenvalue weighted by Crippen LogP contribution is -2.57. The summed E-state index contributed by atoms with van der Waals surface area (Å²) >= 11 is 0. The second-order valence-electron chi connectivity index (χ2n) is 8.69. The predicted molar refractivity (Wildman–Crippen MR) is 115 cm³/mol. The summed E-state index contributed by atoms with van der Waals surface area (Å²) in [7, 11) is 1.84. The van der Waals surface area contributed by atoms with Crippen molar-refractivity contribution in [1.82, 2.24) is 5.32 Å². The van der Waals surface area contributed by atoms with Crippen LogP contribution in [0.2, 0.25) is 0 Å². The minimum absolute atomic E-state index is 0.154. The Kier molecular flexibility index (Phi) is 6.03. The number of amides is 1. The first-order chi connectivity index (χ1) is 13.6. The maximum Gasteiger partial charge on any atom is 0.486 e. The predicted octanol–water partition coefficient (Wildman–Crippen LogP) is 3.65. The zero-order chi connectivity index (χ0) is 19.4. The number of rotatable bonds is 5. The molecule has 1 radical (unpaired) electrons. The van der Waals surface area contributed by atoms with Gasteiger partial charge in [-0.1, -0.05) is 61.7 Å². The molecule has 0 unspecified atom stereocenters. The van der Waals surface area contributed by atoms with Gasteiger partial charge in [-0.15, -0.1) is 0 Å². The van der Waals surface area contributed by atoms with E-state index in [-0.39, 0.29) is 16.5 Å². The molecule has 0 bridgehead atoms. The molecule has 1 aliphatic heterocycles. The number of fused-ring (bicyclic) bond motifs is 1. The van der Waals surface area contributed by atoms with E-state index >= 15 is 0 Å². The molecule has 0 spiro atoms. The average Bonchev–Trinajstić information content (AvgIpc) is 2.70. The highest BCUT2D eigenvalue weighted by atomic mass is 16.5. The summed E-state index contributed by atoms with van der Waals surface area (Å²) < 4.78 is -0.298. The summed E-state index contributed by atoms with van der Waals surface area (Å²) in [5, 5.41) is 18.7. The molecule has 2 aliphatic rings. The molecule has 1 saturated carbocycles. The van der Waals surface area contributed by atoms with Crippen molar-refractivity contribution in [3.05, 3.63) is 47.7 Å². The number of nitrogens with one attached hydrogen (secondary N) is 1. The summed E-state index contributed by atoms with van der Waals surface area (Å²) in [6, 6.07) is 14.6. The SMILES string of the molecule is O=C(CC1CCCCC1)NC1CC[N+]([O-])([B]c2ccc3ccccc3c2)CC1. The van der Waals surface area contributed by atoms with Crippen LogP contribution in [0.25, 0.3) is 10.8 Å². The first-order valence-electron chi connectivity index (χ1n) is 10.8. The number of carbonyl (C=O) groups is 1. The van der Waals surface area contributed by atoms with Gasteiger partial charge in [-0.2, -0.15) is 0 Å². The van der Waals surface area contributed by atoms with Crippen LogP contribution in [0.4, 0.5) is 0 Å². The Morgan fingerprint density at radius 3 is 2.46 bits per heavy atom. The second-order valence-corrected chi connectivity index (χ2v) is 8.69. The van der Waals surface area contributed by atoms with E-state index in [1.165, 1.54) is 37.5 Å². The Morgan fingerprint density at radius 2 is 1.71 bits per heavy atom.